The van der Waals surface area contributed by atoms with Crippen LogP contribution in [0.15, 0.2) is 46.9 Å². The van der Waals surface area contributed by atoms with Gasteiger partial charge in [-0.25, -0.2) is 9.37 Å². The van der Waals surface area contributed by atoms with Gasteiger partial charge in [0.05, 0.1) is 32.6 Å². The van der Waals surface area contributed by atoms with E-state index in [0.717, 1.165) is 21.6 Å². The van der Waals surface area contributed by atoms with E-state index in [9.17, 15) is 14.0 Å². The lowest BCUT2D eigenvalue weighted by molar-refractivity contribution is -0.143. The normalized spacial score (nSPS) is 12.0. The highest BCUT2D eigenvalue weighted by Crippen LogP contribution is 2.22. The van der Waals surface area contributed by atoms with Crippen molar-refractivity contribution in [3.8, 4) is 0 Å². The summed E-state index contributed by atoms with van der Waals surface area (Å²) in [6, 6.07) is 9.73. The quantitative estimate of drug-likeness (QED) is 0.476. The van der Waals surface area contributed by atoms with Gasteiger partial charge in [0.2, 0.25) is 0 Å². The van der Waals surface area contributed by atoms with E-state index >= 15 is 0 Å². The third-order valence-electron chi connectivity index (χ3n) is 4.02. The van der Waals surface area contributed by atoms with E-state index in [2.05, 4.69) is 9.98 Å². The Bertz CT molecular complexity index is 1270. The largest absolute Gasteiger partial charge is 0.465 e. The van der Waals surface area contributed by atoms with Gasteiger partial charge in [0.1, 0.15) is 12.4 Å². The first-order chi connectivity index (χ1) is 13.6. The second-order valence-corrected chi connectivity index (χ2v) is 7.71. The van der Waals surface area contributed by atoms with Gasteiger partial charge >= 0.3 is 5.97 Å². The van der Waals surface area contributed by atoms with Crippen molar-refractivity contribution in [3.63, 3.8) is 0 Å². The Morgan fingerprint density at radius 1 is 1.25 bits per heavy atom. The third kappa shape index (κ3) is 3.46. The minimum Gasteiger partial charge on any atom is -0.465 e. The lowest BCUT2D eigenvalue weighted by atomic mass is 10.2. The van der Waals surface area contributed by atoms with Crippen molar-refractivity contribution in [2.24, 2.45) is 4.99 Å². The molecule has 9 heteroatoms. The Morgan fingerprint density at radius 2 is 2.11 bits per heavy atom. The van der Waals surface area contributed by atoms with E-state index < -0.39 is 17.7 Å². The molecule has 0 N–H and O–H groups in total. The smallest absolute Gasteiger partial charge is 0.326 e. The average Bonchev–Trinajstić information content (AvgIpc) is 3.27. The zero-order valence-corrected chi connectivity index (χ0v) is 16.3. The number of halogens is 1. The van der Waals surface area contributed by atoms with Crippen molar-refractivity contribution in [1.82, 2.24) is 9.55 Å². The van der Waals surface area contributed by atoms with Crippen LogP contribution in [0.25, 0.3) is 20.4 Å². The van der Waals surface area contributed by atoms with E-state index in [1.807, 2.05) is 0 Å². The third-order valence-corrected chi connectivity index (χ3v) is 5.86. The molecule has 2 heterocycles. The number of thiazole rings is 2. The predicted molar refractivity (Wildman–Crippen MR) is 106 cm³/mol. The molecule has 2 aromatic heterocycles. The van der Waals surface area contributed by atoms with E-state index in [-0.39, 0.29) is 23.5 Å². The molecule has 28 heavy (non-hydrogen) atoms. The summed E-state index contributed by atoms with van der Waals surface area (Å²) < 4.78 is 22.2. The van der Waals surface area contributed by atoms with Gasteiger partial charge in [-0.15, -0.1) is 11.3 Å². The molecule has 1 amide bonds. The predicted octanol–water partition coefficient (Wildman–Crippen LogP) is 3.76. The fourth-order valence-corrected chi connectivity index (χ4v) is 4.55. The van der Waals surface area contributed by atoms with Gasteiger partial charge in [0.25, 0.3) is 5.91 Å². The Kier molecular flexibility index (Phi) is 5.01. The molecule has 2 aromatic carbocycles. The molecular weight excluding hydrogens is 401 g/mol. The van der Waals surface area contributed by atoms with Crippen molar-refractivity contribution in [2.45, 2.75) is 13.5 Å². The number of rotatable bonds is 4. The van der Waals surface area contributed by atoms with Crippen LogP contribution >= 0.6 is 22.7 Å². The van der Waals surface area contributed by atoms with Gasteiger partial charge in [-0.1, -0.05) is 17.4 Å². The number of aromatic nitrogens is 2. The molecule has 142 valence electrons. The highest BCUT2D eigenvalue weighted by atomic mass is 32.1. The minimum absolute atomic E-state index is 0.213. The number of para-hydroxylation sites is 1. The summed E-state index contributed by atoms with van der Waals surface area (Å²) in [6.07, 6.45) is 0. The second kappa shape index (κ2) is 7.61. The highest BCUT2D eigenvalue weighted by molar-refractivity contribution is 7.17. The first-order valence-corrected chi connectivity index (χ1v) is 10.1. The van der Waals surface area contributed by atoms with Gasteiger partial charge < -0.3 is 9.30 Å². The van der Waals surface area contributed by atoms with Crippen LogP contribution in [0.3, 0.4) is 0 Å². The maximum atomic E-state index is 14.4. The summed E-state index contributed by atoms with van der Waals surface area (Å²) in [5, 5.41) is 0. The van der Waals surface area contributed by atoms with E-state index in [0.29, 0.717) is 10.3 Å². The Labute approximate surface area is 166 Å². The fourth-order valence-electron chi connectivity index (χ4n) is 2.79. The summed E-state index contributed by atoms with van der Waals surface area (Å²) in [5.41, 5.74) is 3.14. The zero-order valence-electron chi connectivity index (χ0n) is 14.7. The van der Waals surface area contributed by atoms with Crippen molar-refractivity contribution in [1.29, 1.82) is 0 Å². The molecule has 6 nitrogen and oxygen atoms in total. The van der Waals surface area contributed by atoms with Gasteiger partial charge in [-0.05, 0) is 37.3 Å². The van der Waals surface area contributed by atoms with Crippen LogP contribution in [-0.2, 0) is 16.1 Å². The maximum absolute atomic E-state index is 14.4. The lowest BCUT2D eigenvalue weighted by Crippen LogP contribution is -2.23. The molecule has 0 fully saturated rings. The van der Waals surface area contributed by atoms with Crippen molar-refractivity contribution < 1.29 is 18.7 Å². The molecule has 0 aliphatic carbocycles. The second-order valence-electron chi connectivity index (χ2n) is 5.81. The number of esters is 1. The van der Waals surface area contributed by atoms with Crippen LogP contribution in [0.2, 0.25) is 0 Å². The number of fused-ring (bicyclic) bond motifs is 2. The molecule has 0 radical (unpaired) electrons. The highest BCUT2D eigenvalue weighted by Gasteiger charge is 2.16. The van der Waals surface area contributed by atoms with Gasteiger partial charge in [-0.3, -0.25) is 9.59 Å². The van der Waals surface area contributed by atoms with Crippen LogP contribution in [0.5, 0.6) is 0 Å². The molecule has 0 unspecified atom stereocenters. The summed E-state index contributed by atoms with van der Waals surface area (Å²) in [7, 11) is 0. The van der Waals surface area contributed by atoms with Crippen LogP contribution < -0.4 is 4.80 Å². The Morgan fingerprint density at radius 3 is 2.93 bits per heavy atom. The number of carbonyl (C=O) groups excluding carboxylic acids is 2. The average molecular weight is 415 g/mol. The molecule has 0 saturated carbocycles. The number of hydrogen-bond donors (Lipinski definition) is 0. The van der Waals surface area contributed by atoms with Crippen molar-refractivity contribution >= 4 is 55.0 Å². The molecule has 4 rings (SSSR count). The van der Waals surface area contributed by atoms with Crippen LogP contribution in [-0.4, -0.2) is 28.0 Å². The first kappa shape index (κ1) is 18.5. The van der Waals surface area contributed by atoms with Gasteiger partial charge in [-0.2, -0.15) is 4.99 Å². The van der Waals surface area contributed by atoms with Gasteiger partial charge in [0, 0.05) is 5.56 Å². The monoisotopic (exact) mass is 415 g/mol. The molecule has 0 aliphatic heterocycles. The summed E-state index contributed by atoms with van der Waals surface area (Å²) in [5.74, 6) is -1.48. The summed E-state index contributed by atoms with van der Waals surface area (Å²) >= 11 is 2.57. The number of amides is 1. The number of carbonyl (C=O) groups is 2. The number of benzene rings is 2. The molecule has 0 spiro atoms. The minimum atomic E-state index is -0.523. The van der Waals surface area contributed by atoms with Gasteiger partial charge in [0.15, 0.2) is 4.80 Å². The lowest BCUT2D eigenvalue weighted by Gasteiger charge is -2.05. The van der Waals surface area contributed by atoms with E-state index in [4.69, 9.17) is 4.74 Å². The fraction of sp³-hybridized carbons (Fsp3) is 0.158. The molecule has 0 bridgehead atoms. The van der Waals surface area contributed by atoms with Crippen LogP contribution in [0, 0.1) is 5.82 Å². The van der Waals surface area contributed by atoms with E-state index in [1.165, 1.54) is 22.0 Å². The first-order valence-electron chi connectivity index (χ1n) is 8.42. The molecule has 4 aromatic rings. The number of ether oxygens (including phenoxy) is 1. The van der Waals surface area contributed by atoms with Crippen LogP contribution in [0.1, 0.15) is 17.3 Å². The topological polar surface area (TPSA) is 73.6 Å². The maximum Gasteiger partial charge on any atom is 0.326 e. The standard InChI is InChI=1S/C19H14FN3O3S2/c1-2-26-16(24)9-23-17-12(20)4-3-5-14(17)28-19(23)22-18(25)11-6-7-13-15(8-11)27-10-21-13/h3-8,10H,2,9H2,1H3. The zero-order chi connectivity index (χ0) is 19.7. The summed E-state index contributed by atoms with van der Waals surface area (Å²) in [4.78, 5) is 33.3. The van der Waals surface area contributed by atoms with Crippen molar-refractivity contribution in [2.75, 3.05) is 6.61 Å². The number of hydrogen-bond acceptors (Lipinski definition) is 6. The SMILES string of the molecule is CCOC(=O)Cn1c(=NC(=O)c2ccc3ncsc3c2)sc2cccc(F)c21. The Hall–Kier alpha value is -2.91. The molecule has 0 saturated heterocycles. The Balaban J connectivity index is 1.82. The molecule has 0 aliphatic rings. The van der Waals surface area contributed by atoms with E-state index in [1.54, 1.807) is 42.8 Å². The summed E-state index contributed by atoms with van der Waals surface area (Å²) in [6.45, 7) is 1.68. The molecular formula is C19H14FN3O3S2. The van der Waals surface area contributed by atoms with Crippen LogP contribution in [0.4, 0.5) is 4.39 Å². The number of nitrogens with zero attached hydrogens (tertiary/aromatic N) is 3. The van der Waals surface area contributed by atoms with Crippen molar-refractivity contribution in [3.05, 3.63) is 58.1 Å². The molecule has 0 atom stereocenters.